The van der Waals surface area contributed by atoms with Gasteiger partial charge in [0.1, 0.15) is 12.0 Å². The van der Waals surface area contributed by atoms with Gasteiger partial charge in [-0.05, 0) is 38.1 Å². The molecule has 0 atom stereocenters. The molecule has 0 aliphatic carbocycles. The minimum atomic E-state index is 0.727. The predicted octanol–water partition coefficient (Wildman–Crippen LogP) is 3.63. The van der Waals surface area contributed by atoms with Crippen LogP contribution in [-0.2, 0) is 13.0 Å². The monoisotopic (exact) mass is 376 g/mol. The van der Waals surface area contributed by atoms with Crippen molar-refractivity contribution in [1.82, 2.24) is 29.0 Å². The second-order valence-electron chi connectivity index (χ2n) is 7.29. The Labute approximate surface area is 165 Å². The van der Waals surface area contributed by atoms with Crippen molar-refractivity contribution >= 4 is 16.7 Å². The molecule has 0 bridgehead atoms. The fourth-order valence-corrected chi connectivity index (χ4v) is 3.88. The molecule has 0 unspecified atom stereocenters. The number of nitrogens with zero attached hydrogens (tertiary/aromatic N) is 6. The zero-order valence-electron chi connectivity index (χ0n) is 17.2. The number of rotatable bonds is 7. The third-order valence-corrected chi connectivity index (χ3v) is 5.73. The normalized spacial score (nSPS) is 11.9. The van der Waals surface area contributed by atoms with Gasteiger partial charge in [-0.15, -0.1) is 5.10 Å². The zero-order valence-corrected chi connectivity index (χ0v) is 17.2. The molecule has 6 nitrogen and oxygen atoms in total. The van der Waals surface area contributed by atoms with E-state index in [-0.39, 0.29) is 0 Å². The van der Waals surface area contributed by atoms with Gasteiger partial charge in [-0.25, -0.2) is 14.5 Å². The van der Waals surface area contributed by atoms with Crippen LogP contribution in [0.15, 0.2) is 36.7 Å². The first-order valence-corrected chi connectivity index (χ1v) is 10.1. The van der Waals surface area contributed by atoms with Crippen LogP contribution in [0.5, 0.6) is 0 Å². The molecule has 0 radical (unpaired) electrons. The Bertz CT molecular complexity index is 1090. The summed E-state index contributed by atoms with van der Waals surface area (Å²) in [7, 11) is 0. The van der Waals surface area contributed by atoms with Crippen LogP contribution < -0.4 is 0 Å². The number of aromatic nitrogens is 5. The highest BCUT2D eigenvalue weighted by atomic mass is 15.3. The summed E-state index contributed by atoms with van der Waals surface area (Å²) in [4.78, 5) is 12.1. The summed E-state index contributed by atoms with van der Waals surface area (Å²) in [5, 5.41) is 5.78. The van der Waals surface area contributed by atoms with E-state index >= 15 is 0 Å². The molecule has 0 spiro atoms. The fraction of sp³-hybridized carbons (Fsp3) is 0.409. The van der Waals surface area contributed by atoms with Crippen molar-refractivity contribution in [3.63, 3.8) is 0 Å². The van der Waals surface area contributed by atoms with Crippen molar-refractivity contribution in [2.75, 3.05) is 19.6 Å². The molecule has 0 aliphatic rings. The van der Waals surface area contributed by atoms with E-state index < -0.39 is 0 Å². The molecule has 0 aliphatic heterocycles. The number of likely N-dealkylation sites (N-methyl/N-ethyl adjacent to an activating group) is 1. The highest BCUT2D eigenvalue weighted by Crippen LogP contribution is 2.27. The molecular formula is C22H28N6. The van der Waals surface area contributed by atoms with Crippen LogP contribution in [0.4, 0.5) is 0 Å². The van der Waals surface area contributed by atoms with Gasteiger partial charge in [0.05, 0.1) is 5.39 Å². The van der Waals surface area contributed by atoms with Crippen LogP contribution in [-0.4, -0.2) is 48.7 Å². The summed E-state index contributed by atoms with van der Waals surface area (Å²) >= 11 is 0. The summed E-state index contributed by atoms with van der Waals surface area (Å²) in [6.07, 6.45) is 2.52. The van der Waals surface area contributed by atoms with Gasteiger partial charge >= 0.3 is 0 Å². The average Bonchev–Trinajstić information content (AvgIpc) is 3.22. The maximum Gasteiger partial charge on any atom is 0.168 e. The maximum absolute atomic E-state index is 4.87. The quantitative estimate of drug-likeness (QED) is 0.494. The third kappa shape index (κ3) is 3.29. The Hall–Kier alpha value is -2.73. The Morgan fingerprint density at radius 3 is 2.46 bits per heavy atom. The Kier molecular flexibility index (Phi) is 5.13. The van der Waals surface area contributed by atoms with Gasteiger partial charge in [-0.2, -0.15) is 0 Å². The second kappa shape index (κ2) is 7.72. The molecule has 4 rings (SSSR count). The van der Waals surface area contributed by atoms with Crippen molar-refractivity contribution in [2.45, 2.75) is 40.7 Å². The molecular weight excluding hydrogens is 348 g/mol. The summed E-state index contributed by atoms with van der Waals surface area (Å²) in [6.45, 7) is 12.9. The average molecular weight is 377 g/mol. The third-order valence-electron chi connectivity index (χ3n) is 5.73. The van der Waals surface area contributed by atoms with Gasteiger partial charge < -0.3 is 9.47 Å². The Morgan fingerprint density at radius 1 is 1.00 bits per heavy atom. The molecule has 4 aromatic rings. The molecule has 0 saturated carbocycles. The summed E-state index contributed by atoms with van der Waals surface area (Å²) in [6, 6.07) is 10.3. The van der Waals surface area contributed by atoms with E-state index in [1.165, 1.54) is 16.8 Å². The molecule has 3 heterocycles. The molecule has 0 saturated heterocycles. The van der Waals surface area contributed by atoms with E-state index in [4.69, 9.17) is 9.97 Å². The standard InChI is InChI=1S/C22H28N6/c1-5-26(6-2)12-13-27-17(4)16(3)20-21(27)23-15-28-22(20)24-19(25-28)14-18-10-8-7-9-11-18/h7-11,15H,5-6,12-14H2,1-4H3. The van der Waals surface area contributed by atoms with E-state index in [9.17, 15) is 0 Å². The molecule has 3 aromatic heterocycles. The summed E-state index contributed by atoms with van der Waals surface area (Å²) in [5.74, 6) is 0.827. The van der Waals surface area contributed by atoms with Gasteiger partial charge in [-0.3, -0.25) is 0 Å². The molecule has 28 heavy (non-hydrogen) atoms. The van der Waals surface area contributed by atoms with Gasteiger partial charge in [0.2, 0.25) is 0 Å². The first kappa shape index (κ1) is 18.6. The smallest absolute Gasteiger partial charge is 0.168 e. The lowest BCUT2D eigenvalue weighted by Gasteiger charge is -2.19. The van der Waals surface area contributed by atoms with Crippen molar-refractivity contribution in [3.05, 3.63) is 59.3 Å². The number of aryl methyl sites for hydroxylation is 1. The van der Waals surface area contributed by atoms with Gasteiger partial charge in [-0.1, -0.05) is 44.2 Å². The Balaban J connectivity index is 1.74. The number of fused-ring (bicyclic) bond motifs is 3. The molecule has 6 heteroatoms. The van der Waals surface area contributed by atoms with Crippen LogP contribution in [0.25, 0.3) is 16.7 Å². The highest BCUT2D eigenvalue weighted by Gasteiger charge is 2.18. The fourth-order valence-electron chi connectivity index (χ4n) is 3.88. The second-order valence-corrected chi connectivity index (χ2v) is 7.29. The minimum absolute atomic E-state index is 0.727. The molecule has 1 aromatic carbocycles. The van der Waals surface area contributed by atoms with Crippen LogP contribution in [0, 0.1) is 13.8 Å². The largest absolute Gasteiger partial charge is 0.328 e. The van der Waals surface area contributed by atoms with Gasteiger partial charge in [0, 0.05) is 25.2 Å². The number of hydrogen-bond donors (Lipinski definition) is 0. The van der Waals surface area contributed by atoms with Gasteiger partial charge in [0.25, 0.3) is 0 Å². The van der Waals surface area contributed by atoms with Crippen molar-refractivity contribution in [3.8, 4) is 0 Å². The van der Waals surface area contributed by atoms with E-state index in [2.05, 4.69) is 66.5 Å². The molecule has 0 amide bonds. The van der Waals surface area contributed by atoms with E-state index in [1.807, 2.05) is 10.6 Å². The van der Waals surface area contributed by atoms with E-state index in [0.29, 0.717) is 0 Å². The summed E-state index contributed by atoms with van der Waals surface area (Å²) < 4.78 is 4.15. The molecule has 0 fully saturated rings. The SMILES string of the molecule is CCN(CC)CCn1c(C)c(C)c2c1ncn1nc(Cc3ccccc3)nc21. The molecule has 146 valence electrons. The minimum Gasteiger partial charge on any atom is -0.328 e. The van der Waals surface area contributed by atoms with Crippen molar-refractivity contribution in [2.24, 2.45) is 0 Å². The van der Waals surface area contributed by atoms with E-state index in [1.54, 1.807) is 6.33 Å². The number of benzene rings is 1. The predicted molar refractivity (Wildman–Crippen MR) is 113 cm³/mol. The lowest BCUT2D eigenvalue weighted by Crippen LogP contribution is -2.27. The van der Waals surface area contributed by atoms with E-state index in [0.717, 1.165) is 55.1 Å². The van der Waals surface area contributed by atoms with Crippen LogP contribution in [0.2, 0.25) is 0 Å². The van der Waals surface area contributed by atoms with Crippen LogP contribution in [0.3, 0.4) is 0 Å². The van der Waals surface area contributed by atoms with Crippen molar-refractivity contribution in [1.29, 1.82) is 0 Å². The number of hydrogen-bond acceptors (Lipinski definition) is 4. The highest BCUT2D eigenvalue weighted by molar-refractivity contribution is 5.93. The zero-order chi connectivity index (χ0) is 19.7. The lowest BCUT2D eigenvalue weighted by molar-refractivity contribution is 0.291. The first-order valence-electron chi connectivity index (χ1n) is 10.1. The van der Waals surface area contributed by atoms with Gasteiger partial charge in [0.15, 0.2) is 11.5 Å². The van der Waals surface area contributed by atoms with Crippen molar-refractivity contribution < 1.29 is 0 Å². The molecule has 0 N–H and O–H groups in total. The Morgan fingerprint density at radius 2 is 1.75 bits per heavy atom. The lowest BCUT2D eigenvalue weighted by atomic mass is 10.1. The first-order chi connectivity index (χ1) is 13.6. The van der Waals surface area contributed by atoms with Crippen LogP contribution in [0.1, 0.15) is 36.5 Å². The topological polar surface area (TPSA) is 51.2 Å². The maximum atomic E-state index is 4.87. The summed E-state index contributed by atoms with van der Waals surface area (Å²) in [5.41, 5.74) is 5.63. The van der Waals surface area contributed by atoms with Crippen LogP contribution >= 0.6 is 0 Å².